The topological polar surface area (TPSA) is 35.8 Å². The van der Waals surface area contributed by atoms with E-state index in [1.165, 1.54) is 44.3 Å². The van der Waals surface area contributed by atoms with E-state index in [0.717, 1.165) is 11.7 Å². The predicted molar refractivity (Wildman–Crippen MR) is 69.5 cm³/mol. The van der Waals surface area contributed by atoms with E-state index >= 15 is 0 Å². The quantitative estimate of drug-likeness (QED) is 0.773. The van der Waals surface area contributed by atoms with Crippen LogP contribution in [0, 0.1) is 17.2 Å². The molecule has 0 heterocycles. The van der Waals surface area contributed by atoms with Crippen LogP contribution in [-0.2, 0) is 0 Å². The van der Waals surface area contributed by atoms with E-state index in [1.54, 1.807) is 0 Å². The molecule has 0 aromatic heterocycles. The average molecular weight is 238 g/mol. The molecular formula is C13H22N2S. The van der Waals surface area contributed by atoms with Gasteiger partial charge in [-0.05, 0) is 44.3 Å². The highest BCUT2D eigenvalue weighted by atomic mass is 32.2. The number of hydrogen-bond donors (Lipinski definition) is 1. The maximum Gasteiger partial charge on any atom is 0.113 e. The van der Waals surface area contributed by atoms with Gasteiger partial charge in [0.15, 0.2) is 0 Å². The van der Waals surface area contributed by atoms with Gasteiger partial charge in [0, 0.05) is 11.8 Å². The molecule has 1 atom stereocenters. The van der Waals surface area contributed by atoms with Gasteiger partial charge < -0.3 is 0 Å². The summed E-state index contributed by atoms with van der Waals surface area (Å²) in [6.07, 6.45) is 8.16. The summed E-state index contributed by atoms with van der Waals surface area (Å²) in [7, 11) is 0. The summed E-state index contributed by atoms with van der Waals surface area (Å²) in [5, 5.41) is 12.7. The molecule has 0 aromatic rings. The fraction of sp³-hybridized carbons (Fsp3) is 0.923. The van der Waals surface area contributed by atoms with E-state index in [4.69, 9.17) is 0 Å². The Morgan fingerprint density at radius 3 is 2.56 bits per heavy atom. The van der Waals surface area contributed by atoms with E-state index in [9.17, 15) is 5.26 Å². The Bertz CT molecular complexity index is 264. The Morgan fingerprint density at radius 2 is 2.00 bits per heavy atom. The summed E-state index contributed by atoms with van der Waals surface area (Å²) in [5.41, 5.74) is -0.301. The molecule has 2 aliphatic rings. The van der Waals surface area contributed by atoms with Crippen molar-refractivity contribution in [3.63, 3.8) is 0 Å². The summed E-state index contributed by atoms with van der Waals surface area (Å²) in [5.74, 6) is 3.12. The summed E-state index contributed by atoms with van der Waals surface area (Å²) in [6.45, 7) is 2.05. The van der Waals surface area contributed by atoms with Crippen molar-refractivity contribution in [2.45, 2.75) is 57.0 Å². The first kappa shape index (κ1) is 12.3. The molecule has 3 heteroatoms. The molecule has 0 saturated heterocycles. The molecular weight excluding hydrogens is 216 g/mol. The van der Waals surface area contributed by atoms with Crippen LogP contribution in [-0.4, -0.2) is 23.1 Å². The smallest absolute Gasteiger partial charge is 0.113 e. The third kappa shape index (κ3) is 3.68. The van der Waals surface area contributed by atoms with Crippen LogP contribution in [0.15, 0.2) is 0 Å². The van der Waals surface area contributed by atoms with E-state index in [2.05, 4.69) is 11.4 Å². The molecule has 2 rings (SSSR count). The zero-order valence-electron chi connectivity index (χ0n) is 10.2. The van der Waals surface area contributed by atoms with Crippen molar-refractivity contribution in [3.8, 4) is 6.07 Å². The van der Waals surface area contributed by atoms with Crippen molar-refractivity contribution in [1.82, 2.24) is 5.32 Å². The standard InChI is InChI=1S/C13H22N2S/c1-13(9-14,15-12-6-7-12)10-16-8-11-4-2-3-5-11/h11-12,15H,2-8,10H2,1H3. The first-order valence-electron chi connectivity index (χ1n) is 6.48. The maximum atomic E-state index is 9.23. The van der Waals surface area contributed by atoms with Crippen LogP contribution in [0.5, 0.6) is 0 Å². The summed E-state index contributed by atoms with van der Waals surface area (Å²) in [4.78, 5) is 0. The molecule has 2 aliphatic carbocycles. The molecule has 0 bridgehead atoms. The largest absolute Gasteiger partial charge is 0.296 e. The molecule has 2 saturated carbocycles. The van der Waals surface area contributed by atoms with Crippen molar-refractivity contribution in [2.24, 2.45) is 5.92 Å². The third-order valence-corrected chi connectivity index (χ3v) is 5.05. The summed E-state index contributed by atoms with van der Waals surface area (Å²) < 4.78 is 0. The second-order valence-corrected chi connectivity index (χ2v) is 6.56. The number of thioether (sulfide) groups is 1. The Morgan fingerprint density at radius 1 is 1.31 bits per heavy atom. The number of hydrogen-bond acceptors (Lipinski definition) is 3. The Labute approximate surface area is 103 Å². The summed E-state index contributed by atoms with van der Waals surface area (Å²) >= 11 is 1.97. The maximum absolute atomic E-state index is 9.23. The van der Waals surface area contributed by atoms with Gasteiger partial charge in [0.1, 0.15) is 5.54 Å². The Kier molecular flexibility index (Phi) is 4.16. The minimum Gasteiger partial charge on any atom is -0.296 e. The number of nitrogens with zero attached hydrogens (tertiary/aromatic N) is 1. The van der Waals surface area contributed by atoms with Crippen LogP contribution in [0.2, 0.25) is 0 Å². The highest BCUT2D eigenvalue weighted by Crippen LogP contribution is 2.30. The molecule has 2 fully saturated rings. The van der Waals surface area contributed by atoms with Crippen molar-refractivity contribution >= 4 is 11.8 Å². The van der Waals surface area contributed by atoms with E-state index in [-0.39, 0.29) is 5.54 Å². The molecule has 16 heavy (non-hydrogen) atoms. The first-order valence-corrected chi connectivity index (χ1v) is 7.64. The van der Waals surface area contributed by atoms with Gasteiger partial charge in [0.2, 0.25) is 0 Å². The van der Waals surface area contributed by atoms with E-state index in [0.29, 0.717) is 6.04 Å². The van der Waals surface area contributed by atoms with Gasteiger partial charge in [-0.3, -0.25) is 5.32 Å². The van der Waals surface area contributed by atoms with E-state index < -0.39 is 0 Å². The zero-order valence-corrected chi connectivity index (χ0v) is 11.0. The molecule has 0 aliphatic heterocycles. The molecule has 0 radical (unpaired) electrons. The molecule has 0 spiro atoms. The van der Waals surface area contributed by atoms with Crippen LogP contribution in [0.3, 0.4) is 0 Å². The lowest BCUT2D eigenvalue weighted by Crippen LogP contribution is -2.44. The van der Waals surface area contributed by atoms with Gasteiger partial charge in [0.05, 0.1) is 6.07 Å². The SMILES string of the molecule is CC(C#N)(CSCC1CCCC1)NC1CC1. The minimum absolute atomic E-state index is 0.301. The Hall–Kier alpha value is -0.200. The highest BCUT2D eigenvalue weighted by molar-refractivity contribution is 7.99. The van der Waals surface area contributed by atoms with Crippen LogP contribution in [0.1, 0.15) is 45.4 Å². The minimum atomic E-state index is -0.301. The van der Waals surface area contributed by atoms with Crippen molar-refractivity contribution < 1.29 is 0 Å². The first-order chi connectivity index (χ1) is 7.72. The second-order valence-electron chi connectivity index (χ2n) is 5.53. The van der Waals surface area contributed by atoms with Crippen LogP contribution in [0.25, 0.3) is 0 Å². The average Bonchev–Trinajstić information content (AvgIpc) is 2.92. The number of nitriles is 1. The Balaban J connectivity index is 1.67. The fourth-order valence-electron chi connectivity index (χ4n) is 2.39. The molecule has 90 valence electrons. The van der Waals surface area contributed by atoms with Crippen molar-refractivity contribution in [3.05, 3.63) is 0 Å². The second kappa shape index (κ2) is 5.42. The predicted octanol–water partition coefficient (Wildman–Crippen LogP) is 2.94. The van der Waals surface area contributed by atoms with Crippen LogP contribution in [0.4, 0.5) is 0 Å². The van der Waals surface area contributed by atoms with Gasteiger partial charge in [0.25, 0.3) is 0 Å². The van der Waals surface area contributed by atoms with Crippen LogP contribution < -0.4 is 5.32 Å². The zero-order chi connectivity index (χ0) is 11.4. The van der Waals surface area contributed by atoms with Gasteiger partial charge >= 0.3 is 0 Å². The van der Waals surface area contributed by atoms with Gasteiger partial charge in [-0.25, -0.2) is 0 Å². The molecule has 0 aromatic carbocycles. The lowest BCUT2D eigenvalue weighted by atomic mass is 10.1. The number of nitrogens with one attached hydrogen (secondary N) is 1. The van der Waals surface area contributed by atoms with Crippen molar-refractivity contribution in [1.29, 1.82) is 5.26 Å². The molecule has 2 nitrogen and oxygen atoms in total. The number of rotatable bonds is 6. The third-order valence-electron chi connectivity index (χ3n) is 3.57. The van der Waals surface area contributed by atoms with Crippen LogP contribution >= 0.6 is 11.8 Å². The molecule has 1 N–H and O–H groups in total. The molecule has 1 unspecified atom stereocenters. The van der Waals surface area contributed by atoms with Crippen molar-refractivity contribution in [2.75, 3.05) is 11.5 Å². The van der Waals surface area contributed by atoms with E-state index in [1.807, 2.05) is 18.7 Å². The molecule has 0 amide bonds. The van der Waals surface area contributed by atoms with Gasteiger partial charge in [-0.1, -0.05) is 12.8 Å². The van der Waals surface area contributed by atoms with Gasteiger partial charge in [-0.2, -0.15) is 17.0 Å². The highest BCUT2D eigenvalue weighted by Gasteiger charge is 2.32. The normalized spacial score (nSPS) is 25.2. The van der Waals surface area contributed by atoms with Gasteiger partial charge in [-0.15, -0.1) is 0 Å². The summed E-state index contributed by atoms with van der Waals surface area (Å²) in [6, 6.07) is 3.07. The lowest BCUT2D eigenvalue weighted by molar-refractivity contribution is 0.489. The fourth-order valence-corrected chi connectivity index (χ4v) is 3.73. The lowest BCUT2D eigenvalue weighted by Gasteiger charge is -2.23. The monoisotopic (exact) mass is 238 g/mol.